The van der Waals surface area contributed by atoms with Crippen molar-refractivity contribution in [2.24, 2.45) is 5.10 Å². The van der Waals surface area contributed by atoms with Gasteiger partial charge in [-0.15, -0.1) is 11.3 Å². The van der Waals surface area contributed by atoms with Crippen LogP contribution in [-0.2, 0) is 20.9 Å². The predicted molar refractivity (Wildman–Crippen MR) is 77.2 cm³/mol. The molecule has 1 aromatic rings. The standard InChI is InChI=1S/C10H17N2O2PS2/c1-4-13-15(16,14-5-2)12-11-9(3)10-7-6-8-17-10/h6-8H,4-5H2,1-3H3,(H,12,16)/b11-9+. The van der Waals surface area contributed by atoms with E-state index >= 15 is 0 Å². The largest absolute Gasteiger partial charge is 0.313 e. The van der Waals surface area contributed by atoms with E-state index in [4.69, 9.17) is 20.9 Å². The molecule has 17 heavy (non-hydrogen) atoms. The molecular formula is C10H17N2O2PS2. The molecule has 1 rings (SSSR count). The molecule has 0 atom stereocenters. The van der Waals surface area contributed by atoms with E-state index in [1.807, 2.05) is 38.3 Å². The van der Waals surface area contributed by atoms with E-state index in [1.54, 1.807) is 11.3 Å². The van der Waals surface area contributed by atoms with Crippen molar-refractivity contribution in [2.45, 2.75) is 20.8 Å². The Morgan fingerprint density at radius 1 is 1.47 bits per heavy atom. The molecule has 96 valence electrons. The lowest BCUT2D eigenvalue weighted by Gasteiger charge is -2.19. The van der Waals surface area contributed by atoms with Crippen molar-refractivity contribution in [3.8, 4) is 0 Å². The van der Waals surface area contributed by atoms with E-state index in [2.05, 4.69) is 10.3 Å². The van der Waals surface area contributed by atoms with Crippen molar-refractivity contribution in [3.63, 3.8) is 0 Å². The van der Waals surface area contributed by atoms with Gasteiger partial charge in [0.25, 0.3) is 0 Å². The molecule has 4 nitrogen and oxygen atoms in total. The maximum Gasteiger partial charge on any atom is 0.303 e. The van der Waals surface area contributed by atoms with Gasteiger partial charge in [-0.3, -0.25) is 0 Å². The maximum atomic E-state index is 5.43. The first-order valence-electron chi connectivity index (χ1n) is 5.36. The lowest BCUT2D eigenvalue weighted by atomic mass is 10.3. The number of hydrogen-bond acceptors (Lipinski definition) is 5. The highest BCUT2D eigenvalue weighted by Gasteiger charge is 2.16. The third kappa shape index (κ3) is 4.85. The van der Waals surface area contributed by atoms with Crippen LogP contribution in [0.3, 0.4) is 0 Å². The highest BCUT2D eigenvalue weighted by atomic mass is 32.5. The minimum atomic E-state index is -2.47. The molecule has 1 aromatic heterocycles. The van der Waals surface area contributed by atoms with E-state index < -0.39 is 6.64 Å². The van der Waals surface area contributed by atoms with Gasteiger partial charge in [0, 0.05) is 4.88 Å². The van der Waals surface area contributed by atoms with Gasteiger partial charge in [0.05, 0.1) is 18.9 Å². The molecule has 0 spiro atoms. The third-order valence-electron chi connectivity index (χ3n) is 1.82. The van der Waals surface area contributed by atoms with Gasteiger partial charge in [-0.05, 0) is 44.0 Å². The fourth-order valence-corrected chi connectivity index (χ4v) is 3.69. The first kappa shape index (κ1) is 14.8. The molecule has 0 aromatic carbocycles. The smallest absolute Gasteiger partial charge is 0.303 e. The summed E-state index contributed by atoms with van der Waals surface area (Å²) < 4.78 is 10.9. The van der Waals surface area contributed by atoms with E-state index in [0.717, 1.165) is 10.6 Å². The number of nitrogens with zero attached hydrogens (tertiary/aromatic N) is 1. The second kappa shape index (κ2) is 7.24. The fraction of sp³-hybridized carbons (Fsp3) is 0.500. The van der Waals surface area contributed by atoms with Crippen molar-refractivity contribution in [1.82, 2.24) is 5.20 Å². The molecule has 1 heterocycles. The highest BCUT2D eigenvalue weighted by molar-refractivity contribution is 8.08. The van der Waals surface area contributed by atoms with Crippen molar-refractivity contribution in [1.29, 1.82) is 0 Å². The molecular weight excluding hydrogens is 275 g/mol. The monoisotopic (exact) mass is 292 g/mol. The van der Waals surface area contributed by atoms with Crippen LogP contribution in [0.15, 0.2) is 22.6 Å². The first-order chi connectivity index (χ1) is 8.11. The summed E-state index contributed by atoms with van der Waals surface area (Å²) in [5.41, 5.74) is 0.883. The van der Waals surface area contributed by atoms with Crippen LogP contribution in [0.2, 0.25) is 0 Å². The number of nitrogens with one attached hydrogen (secondary N) is 1. The molecule has 0 aliphatic rings. The van der Waals surface area contributed by atoms with Crippen LogP contribution in [0.5, 0.6) is 0 Å². The molecule has 0 fully saturated rings. The second-order valence-corrected chi connectivity index (χ2v) is 7.21. The summed E-state index contributed by atoms with van der Waals surface area (Å²) in [5.74, 6) is 0. The minimum Gasteiger partial charge on any atom is -0.313 e. The number of thiophene rings is 1. The quantitative estimate of drug-likeness (QED) is 0.475. The molecule has 0 aliphatic heterocycles. The Morgan fingerprint density at radius 3 is 2.59 bits per heavy atom. The topological polar surface area (TPSA) is 42.8 Å². The maximum absolute atomic E-state index is 5.43. The van der Waals surface area contributed by atoms with Gasteiger partial charge in [0.2, 0.25) is 0 Å². The second-order valence-electron chi connectivity index (χ2n) is 3.11. The molecule has 7 heteroatoms. The van der Waals surface area contributed by atoms with Crippen LogP contribution in [-0.4, -0.2) is 18.9 Å². The summed E-state index contributed by atoms with van der Waals surface area (Å²) in [7, 11) is 0. The summed E-state index contributed by atoms with van der Waals surface area (Å²) >= 11 is 6.93. The SMILES string of the molecule is CCOP(=S)(N/N=C(\C)c1cccs1)OCC. The van der Waals surface area contributed by atoms with Gasteiger partial charge in [-0.25, -0.2) is 5.20 Å². The molecule has 0 saturated carbocycles. The zero-order valence-corrected chi connectivity index (χ0v) is 12.7. The van der Waals surface area contributed by atoms with Gasteiger partial charge in [0.15, 0.2) is 0 Å². The van der Waals surface area contributed by atoms with Crippen molar-refractivity contribution in [3.05, 3.63) is 22.4 Å². The Morgan fingerprint density at radius 2 is 2.12 bits per heavy atom. The fourth-order valence-electron chi connectivity index (χ4n) is 1.11. The van der Waals surface area contributed by atoms with Crippen LogP contribution in [0.4, 0.5) is 0 Å². The molecule has 0 aliphatic carbocycles. The van der Waals surface area contributed by atoms with E-state index in [-0.39, 0.29) is 0 Å². The van der Waals surface area contributed by atoms with Crippen molar-refractivity contribution in [2.75, 3.05) is 13.2 Å². The molecule has 0 unspecified atom stereocenters. The van der Waals surface area contributed by atoms with Gasteiger partial charge in [-0.1, -0.05) is 6.07 Å². The first-order valence-corrected chi connectivity index (χ1v) is 8.87. The van der Waals surface area contributed by atoms with Gasteiger partial charge in [0.1, 0.15) is 0 Å². The zero-order valence-electron chi connectivity index (χ0n) is 10.2. The average Bonchev–Trinajstić information content (AvgIpc) is 2.80. The van der Waals surface area contributed by atoms with Crippen molar-refractivity contribution >= 4 is 35.5 Å². The molecule has 0 bridgehead atoms. The predicted octanol–water partition coefficient (Wildman–Crippen LogP) is 3.36. The van der Waals surface area contributed by atoms with E-state index in [1.165, 1.54) is 0 Å². The Hall–Kier alpha value is -0.260. The lowest BCUT2D eigenvalue weighted by molar-refractivity contribution is 0.259. The Balaban J connectivity index is 2.69. The van der Waals surface area contributed by atoms with Crippen LogP contribution in [0.1, 0.15) is 25.6 Å². The Labute approximate surface area is 111 Å². The zero-order chi connectivity index (χ0) is 12.7. The van der Waals surface area contributed by atoms with Crippen LogP contribution in [0.25, 0.3) is 0 Å². The van der Waals surface area contributed by atoms with Crippen LogP contribution < -0.4 is 5.20 Å². The third-order valence-corrected chi connectivity index (χ3v) is 5.21. The van der Waals surface area contributed by atoms with Crippen molar-refractivity contribution < 1.29 is 9.05 Å². The summed E-state index contributed by atoms with van der Waals surface area (Å²) in [6, 6.07) is 4.00. The lowest BCUT2D eigenvalue weighted by Crippen LogP contribution is -2.11. The van der Waals surface area contributed by atoms with Gasteiger partial charge < -0.3 is 9.05 Å². The Bertz CT molecular complexity index is 396. The number of hydrazone groups is 1. The normalized spacial score (nSPS) is 12.8. The summed E-state index contributed by atoms with van der Waals surface area (Å²) in [5, 5.41) is 9.12. The molecule has 0 saturated heterocycles. The highest BCUT2D eigenvalue weighted by Crippen LogP contribution is 2.43. The summed E-state index contributed by atoms with van der Waals surface area (Å²) in [6.07, 6.45) is 0. The molecule has 0 amide bonds. The van der Waals surface area contributed by atoms with Gasteiger partial charge >= 0.3 is 6.64 Å². The average molecular weight is 292 g/mol. The van der Waals surface area contributed by atoms with Crippen LogP contribution in [0, 0.1) is 0 Å². The molecule has 0 radical (unpaired) electrons. The summed E-state index contributed by atoms with van der Waals surface area (Å²) in [4.78, 5) is 1.10. The van der Waals surface area contributed by atoms with E-state index in [0.29, 0.717) is 13.2 Å². The van der Waals surface area contributed by atoms with E-state index in [9.17, 15) is 0 Å². The van der Waals surface area contributed by atoms with Gasteiger partial charge in [-0.2, -0.15) is 5.10 Å². The summed E-state index contributed by atoms with van der Waals surface area (Å²) in [6.45, 7) is 4.25. The number of rotatable bonds is 7. The molecule has 1 N–H and O–H groups in total. The van der Waals surface area contributed by atoms with Crippen LogP contribution >= 0.6 is 18.0 Å². The Kier molecular flexibility index (Phi) is 6.30. The minimum absolute atomic E-state index is 0.512. The number of hydrogen-bond donors (Lipinski definition) is 1.